The van der Waals surface area contributed by atoms with Crippen LogP contribution in [0.15, 0.2) is 0 Å². The van der Waals surface area contributed by atoms with E-state index in [4.69, 9.17) is 9.47 Å². The smallest absolute Gasteiger partial charge is 0.0900 e. The predicted molar refractivity (Wildman–Crippen MR) is 89.0 cm³/mol. The first-order chi connectivity index (χ1) is 10.2. The largest absolute Gasteiger partial charge is 0.389 e. The lowest BCUT2D eigenvalue weighted by atomic mass is 9.71. The lowest BCUT2D eigenvalue weighted by molar-refractivity contribution is -0.0928. The molecule has 4 heteroatoms. The molecule has 0 unspecified atom stereocenters. The first kappa shape index (κ1) is 18.2. The predicted octanol–water partition coefficient (Wildman–Crippen LogP) is 2.69. The topological polar surface area (TPSA) is 41.9 Å². The number of aliphatic hydroxyl groups is 1. The highest BCUT2D eigenvalue weighted by atomic mass is 16.5. The van der Waals surface area contributed by atoms with Crippen molar-refractivity contribution in [2.24, 2.45) is 11.3 Å². The zero-order valence-electron chi connectivity index (χ0n) is 15.0. The van der Waals surface area contributed by atoms with Crippen LogP contribution in [0.25, 0.3) is 0 Å². The summed E-state index contributed by atoms with van der Waals surface area (Å²) in [7, 11) is 0. The molecule has 2 aliphatic rings. The number of β-amino-alcohol motifs (C(OH)–C–C–N with tert-alkyl or cyclic N) is 1. The summed E-state index contributed by atoms with van der Waals surface area (Å²) in [5.74, 6) is 0.715. The molecule has 130 valence electrons. The average molecular weight is 313 g/mol. The molecular weight excluding hydrogens is 278 g/mol. The fourth-order valence-corrected chi connectivity index (χ4v) is 4.42. The van der Waals surface area contributed by atoms with Gasteiger partial charge in [0.05, 0.1) is 31.0 Å². The van der Waals surface area contributed by atoms with Gasteiger partial charge < -0.3 is 14.6 Å². The molecule has 1 aliphatic heterocycles. The van der Waals surface area contributed by atoms with Gasteiger partial charge in [-0.2, -0.15) is 0 Å². The fourth-order valence-electron chi connectivity index (χ4n) is 4.42. The van der Waals surface area contributed by atoms with Crippen LogP contribution < -0.4 is 0 Å². The summed E-state index contributed by atoms with van der Waals surface area (Å²) in [4.78, 5) is 2.29. The van der Waals surface area contributed by atoms with Gasteiger partial charge in [-0.3, -0.25) is 4.90 Å². The third-order valence-electron chi connectivity index (χ3n) is 4.84. The Kier molecular flexibility index (Phi) is 6.29. The molecule has 0 aromatic rings. The van der Waals surface area contributed by atoms with Crippen molar-refractivity contribution in [3.05, 3.63) is 0 Å². The minimum atomic E-state index is -0.405. The third-order valence-corrected chi connectivity index (χ3v) is 4.84. The highest BCUT2D eigenvalue weighted by Gasteiger charge is 2.33. The highest BCUT2D eigenvalue weighted by Crippen LogP contribution is 2.39. The van der Waals surface area contributed by atoms with E-state index in [0.717, 1.165) is 25.9 Å². The Bertz CT molecular complexity index is 337. The molecular formula is C18H35NO3. The van der Waals surface area contributed by atoms with Crippen LogP contribution in [-0.4, -0.2) is 60.7 Å². The first-order valence-corrected chi connectivity index (χ1v) is 8.91. The van der Waals surface area contributed by atoms with E-state index in [0.29, 0.717) is 30.6 Å². The van der Waals surface area contributed by atoms with Crippen molar-refractivity contribution < 1.29 is 14.6 Å². The van der Waals surface area contributed by atoms with Gasteiger partial charge in [0.15, 0.2) is 0 Å². The van der Waals surface area contributed by atoms with Crippen LogP contribution in [0.5, 0.6) is 0 Å². The van der Waals surface area contributed by atoms with Gasteiger partial charge in [-0.15, -0.1) is 0 Å². The molecule has 1 saturated carbocycles. The molecule has 1 saturated heterocycles. The molecule has 0 aromatic heterocycles. The second-order valence-corrected chi connectivity index (χ2v) is 8.50. The molecule has 0 amide bonds. The molecule has 2 fully saturated rings. The molecule has 4 nitrogen and oxygen atoms in total. The number of rotatable bonds is 5. The Morgan fingerprint density at radius 1 is 1.18 bits per heavy atom. The highest BCUT2D eigenvalue weighted by molar-refractivity contribution is 4.84. The summed E-state index contributed by atoms with van der Waals surface area (Å²) in [5.41, 5.74) is 0.363. The zero-order valence-corrected chi connectivity index (χ0v) is 15.0. The molecule has 0 radical (unpaired) electrons. The SMILES string of the molecule is C[C@@H]1C[C@H](OC[C@H](O)CN2C[C@H](C)O[C@@H](C)C2)CC(C)(C)C1. The molecule has 5 atom stereocenters. The minimum Gasteiger partial charge on any atom is -0.389 e. The minimum absolute atomic E-state index is 0.247. The molecule has 1 N–H and O–H groups in total. The standard InChI is InChI=1S/C18H35NO3/c1-13-6-17(8-18(4,5)7-13)21-12-16(20)11-19-9-14(2)22-15(3)10-19/h13-17,20H,6-12H2,1-5H3/t13-,14+,15+,16-,17+/m1/s1. The first-order valence-electron chi connectivity index (χ1n) is 8.91. The van der Waals surface area contributed by atoms with Gasteiger partial charge in [-0.1, -0.05) is 20.8 Å². The van der Waals surface area contributed by atoms with E-state index in [1.807, 2.05) is 0 Å². The van der Waals surface area contributed by atoms with Crippen molar-refractivity contribution in [3.63, 3.8) is 0 Å². The van der Waals surface area contributed by atoms with Gasteiger partial charge >= 0.3 is 0 Å². The fraction of sp³-hybridized carbons (Fsp3) is 1.00. The molecule has 0 spiro atoms. The van der Waals surface area contributed by atoms with Gasteiger partial charge in [-0.25, -0.2) is 0 Å². The van der Waals surface area contributed by atoms with Crippen molar-refractivity contribution in [1.29, 1.82) is 0 Å². The summed E-state index contributed by atoms with van der Waals surface area (Å²) in [5, 5.41) is 10.3. The number of hydrogen-bond donors (Lipinski definition) is 1. The van der Waals surface area contributed by atoms with E-state index in [1.165, 1.54) is 6.42 Å². The van der Waals surface area contributed by atoms with Gasteiger partial charge in [0.1, 0.15) is 0 Å². The monoisotopic (exact) mass is 313 g/mol. The van der Waals surface area contributed by atoms with Gasteiger partial charge in [0, 0.05) is 19.6 Å². The summed E-state index contributed by atoms with van der Waals surface area (Å²) < 4.78 is 11.8. The summed E-state index contributed by atoms with van der Waals surface area (Å²) in [6.07, 6.45) is 3.90. The van der Waals surface area contributed by atoms with Crippen LogP contribution in [0.2, 0.25) is 0 Å². The van der Waals surface area contributed by atoms with E-state index in [1.54, 1.807) is 0 Å². The number of morpholine rings is 1. The van der Waals surface area contributed by atoms with Crippen LogP contribution >= 0.6 is 0 Å². The number of aliphatic hydroxyl groups excluding tert-OH is 1. The van der Waals surface area contributed by atoms with Gasteiger partial charge in [0.25, 0.3) is 0 Å². The summed E-state index contributed by atoms with van der Waals surface area (Å²) in [6, 6.07) is 0. The third kappa shape index (κ3) is 5.80. The van der Waals surface area contributed by atoms with Crippen LogP contribution in [0.4, 0.5) is 0 Å². The van der Waals surface area contributed by atoms with E-state index in [2.05, 4.69) is 39.5 Å². The van der Waals surface area contributed by atoms with Crippen molar-refractivity contribution in [1.82, 2.24) is 4.90 Å². The molecule has 0 bridgehead atoms. The van der Waals surface area contributed by atoms with Gasteiger partial charge in [-0.05, 0) is 44.4 Å². The lowest BCUT2D eigenvalue weighted by Gasteiger charge is -2.39. The number of nitrogens with zero attached hydrogens (tertiary/aromatic N) is 1. The average Bonchev–Trinajstić information content (AvgIpc) is 2.32. The van der Waals surface area contributed by atoms with Crippen molar-refractivity contribution in [3.8, 4) is 0 Å². The second kappa shape index (κ2) is 7.61. The molecule has 22 heavy (non-hydrogen) atoms. The van der Waals surface area contributed by atoms with E-state index in [9.17, 15) is 5.11 Å². The number of hydrogen-bond acceptors (Lipinski definition) is 4. The molecule has 1 aliphatic carbocycles. The van der Waals surface area contributed by atoms with Crippen molar-refractivity contribution >= 4 is 0 Å². The Balaban J connectivity index is 1.72. The Hall–Kier alpha value is -0.160. The van der Waals surface area contributed by atoms with Crippen molar-refractivity contribution in [2.75, 3.05) is 26.2 Å². The molecule has 0 aromatic carbocycles. The molecule has 1 heterocycles. The normalized spacial score (nSPS) is 37.9. The Labute approximate surface area is 136 Å². The van der Waals surface area contributed by atoms with E-state index >= 15 is 0 Å². The maximum atomic E-state index is 10.3. The maximum absolute atomic E-state index is 10.3. The Morgan fingerprint density at radius 2 is 1.82 bits per heavy atom. The van der Waals surface area contributed by atoms with Crippen LogP contribution in [0.1, 0.15) is 53.9 Å². The van der Waals surface area contributed by atoms with E-state index in [-0.39, 0.29) is 12.2 Å². The quantitative estimate of drug-likeness (QED) is 0.847. The number of ether oxygens (including phenoxy) is 2. The molecule has 2 rings (SSSR count). The Morgan fingerprint density at radius 3 is 2.41 bits per heavy atom. The van der Waals surface area contributed by atoms with Crippen LogP contribution in [-0.2, 0) is 9.47 Å². The van der Waals surface area contributed by atoms with E-state index < -0.39 is 6.10 Å². The van der Waals surface area contributed by atoms with Crippen molar-refractivity contribution in [2.45, 2.75) is 78.3 Å². The second-order valence-electron chi connectivity index (χ2n) is 8.50. The zero-order chi connectivity index (χ0) is 16.3. The summed E-state index contributed by atoms with van der Waals surface area (Å²) >= 11 is 0. The van der Waals surface area contributed by atoms with Crippen LogP contribution in [0, 0.1) is 11.3 Å². The van der Waals surface area contributed by atoms with Gasteiger partial charge in [0.2, 0.25) is 0 Å². The maximum Gasteiger partial charge on any atom is 0.0900 e. The lowest BCUT2D eigenvalue weighted by Crippen LogP contribution is -2.48. The summed E-state index contributed by atoms with van der Waals surface area (Å²) in [6.45, 7) is 14.1. The van der Waals surface area contributed by atoms with Crippen LogP contribution in [0.3, 0.4) is 0 Å².